The fraction of sp³-hybridized carbons (Fsp3) is 0.500. The average Bonchev–Trinajstić information content (AvgIpc) is 3.23. The number of likely N-dealkylation sites (tertiary alicyclic amines) is 1. The van der Waals surface area contributed by atoms with Crippen LogP contribution in [0.1, 0.15) is 16.9 Å². The van der Waals surface area contributed by atoms with Crippen molar-refractivity contribution in [2.24, 2.45) is 5.41 Å². The SMILES string of the molecule is COc1ccc(CN2CCOC[C@@]3(CC(=O)N(Cc4cncs4)C3)C2)c(F)c1. The lowest BCUT2D eigenvalue weighted by molar-refractivity contribution is -0.128. The first-order valence-corrected chi connectivity index (χ1v) is 10.2. The van der Waals surface area contributed by atoms with E-state index in [0.29, 0.717) is 57.1 Å². The molecular formula is C20H24FN3O3S. The summed E-state index contributed by atoms with van der Waals surface area (Å²) in [5.41, 5.74) is 2.16. The zero-order valence-electron chi connectivity index (χ0n) is 15.9. The number of methoxy groups -OCH3 is 1. The van der Waals surface area contributed by atoms with E-state index in [9.17, 15) is 9.18 Å². The molecule has 150 valence electrons. The number of carbonyl (C=O) groups is 1. The van der Waals surface area contributed by atoms with Gasteiger partial charge in [-0.15, -0.1) is 11.3 Å². The number of amides is 1. The molecule has 0 saturated carbocycles. The monoisotopic (exact) mass is 405 g/mol. The largest absolute Gasteiger partial charge is 0.497 e. The Morgan fingerprint density at radius 3 is 3.00 bits per heavy atom. The summed E-state index contributed by atoms with van der Waals surface area (Å²) in [5.74, 6) is 0.388. The number of hydrogen-bond donors (Lipinski definition) is 0. The van der Waals surface area contributed by atoms with E-state index in [4.69, 9.17) is 9.47 Å². The van der Waals surface area contributed by atoms with Crippen LogP contribution in [0, 0.1) is 11.2 Å². The number of halogens is 1. The predicted octanol–water partition coefficient (Wildman–Crippen LogP) is 2.54. The number of rotatable bonds is 5. The maximum absolute atomic E-state index is 14.4. The van der Waals surface area contributed by atoms with Crippen LogP contribution in [-0.4, -0.2) is 60.6 Å². The lowest BCUT2D eigenvalue weighted by Gasteiger charge is -2.31. The molecule has 2 aliphatic heterocycles. The molecule has 2 aromatic rings. The van der Waals surface area contributed by atoms with Crippen LogP contribution in [0.25, 0.3) is 0 Å². The molecule has 2 saturated heterocycles. The molecule has 3 heterocycles. The first-order chi connectivity index (χ1) is 13.6. The highest BCUT2D eigenvalue weighted by Gasteiger charge is 2.45. The van der Waals surface area contributed by atoms with E-state index in [-0.39, 0.29) is 17.1 Å². The molecule has 1 atom stereocenters. The van der Waals surface area contributed by atoms with Gasteiger partial charge in [-0.3, -0.25) is 14.7 Å². The highest BCUT2D eigenvalue weighted by molar-refractivity contribution is 7.09. The lowest BCUT2D eigenvalue weighted by Crippen LogP contribution is -2.40. The molecule has 1 aromatic carbocycles. The van der Waals surface area contributed by atoms with Crippen LogP contribution in [0.15, 0.2) is 29.9 Å². The molecule has 8 heteroatoms. The molecule has 2 fully saturated rings. The van der Waals surface area contributed by atoms with E-state index in [2.05, 4.69) is 9.88 Å². The maximum atomic E-state index is 14.4. The maximum Gasteiger partial charge on any atom is 0.223 e. The summed E-state index contributed by atoms with van der Waals surface area (Å²) >= 11 is 1.56. The Bertz CT molecular complexity index is 832. The fourth-order valence-corrected chi connectivity index (χ4v) is 4.69. The van der Waals surface area contributed by atoms with Crippen LogP contribution >= 0.6 is 11.3 Å². The molecule has 0 bridgehead atoms. The molecule has 4 rings (SSSR count). The Morgan fingerprint density at radius 1 is 1.36 bits per heavy atom. The number of hydrogen-bond acceptors (Lipinski definition) is 6. The van der Waals surface area contributed by atoms with Crippen molar-refractivity contribution in [2.75, 3.05) is 40.0 Å². The van der Waals surface area contributed by atoms with Crippen LogP contribution in [0.5, 0.6) is 5.75 Å². The number of benzene rings is 1. The Hall–Kier alpha value is -2.03. The highest BCUT2D eigenvalue weighted by atomic mass is 32.1. The van der Waals surface area contributed by atoms with Gasteiger partial charge in [0.2, 0.25) is 5.91 Å². The number of ether oxygens (including phenoxy) is 2. The van der Waals surface area contributed by atoms with Gasteiger partial charge in [-0.2, -0.15) is 0 Å². The smallest absolute Gasteiger partial charge is 0.223 e. The fourth-order valence-electron chi connectivity index (χ4n) is 4.08. The second-order valence-corrected chi connectivity index (χ2v) is 8.59. The van der Waals surface area contributed by atoms with Crippen molar-refractivity contribution in [3.8, 4) is 5.75 Å². The van der Waals surface area contributed by atoms with E-state index in [0.717, 1.165) is 11.4 Å². The number of thiazole rings is 1. The van der Waals surface area contributed by atoms with Crippen molar-refractivity contribution in [3.05, 3.63) is 46.2 Å². The van der Waals surface area contributed by atoms with Gasteiger partial charge in [-0.05, 0) is 6.07 Å². The second kappa shape index (κ2) is 8.14. The van der Waals surface area contributed by atoms with Gasteiger partial charge in [0.05, 0.1) is 32.4 Å². The third kappa shape index (κ3) is 4.19. The van der Waals surface area contributed by atoms with Gasteiger partial charge in [0.15, 0.2) is 0 Å². The van der Waals surface area contributed by atoms with E-state index >= 15 is 0 Å². The van der Waals surface area contributed by atoms with Gasteiger partial charge in [0, 0.05) is 60.7 Å². The number of aromatic nitrogens is 1. The first kappa shape index (κ1) is 19.3. The van der Waals surface area contributed by atoms with Crippen LogP contribution in [-0.2, 0) is 22.6 Å². The zero-order chi connectivity index (χ0) is 19.6. The molecule has 2 aliphatic rings. The van der Waals surface area contributed by atoms with Crippen LogP contribution in [0.2, 0.25) is 0 Å². The lowest BCUT2D eigenvalue weighted by atomic mass is 9.87. The van der Waals surface area contributed by atoms with E-state index in [1.165, 1.54) is 13.2 Å². The Morgan fingerprint density at radius 2 is 2.25 bits per heavy atom. The molecule has 0 unspecified atom stereocenters. The quantitative estimate of drug-likeness (QED) is 0.765. The van der Waals surface area contributed by atoms with Crippen LogP contribution in [0.3, 0.4) is 0 Å². The number of nitrogens with zero attached hydrogens (tertiary/aromatic N) is 3. The molecular weight excluding hydrogens is 381 g/mol. The summed E-state index contributed by atoms with van der Waals surface area (Å²) in [6, 6.07) is 4.95. The average molecular weight is 405 g/mol. The zero-order valence-corrected chi connectivity index (χ0v) is 16.7. The third-order valence-electron chi connectivity index (χ3n) is 5.41. The van der Waals surface area contributed by atoms with Crippen molar-refractivity contribution < 1.29 is 18.7 Å². The van der Waals surface area contributed by atoms with Gasteiger partial charge in [0.1, 0.15) is 11.6 Å². The van der Waals surface area contributed by atoms with Crippen molar-refractivity contribution in [1.29, 1.82) is 0 Å². The van der Waals surface area contributed by atoms with Gasteiger partial charge in [0.25, 0.3) is 0 Å². The van der Waals surface area contributed by atoms with E-state index in [1.54, 1.807) is 29.0 Å². The van der Waals surface area contributed by atoms with Gasteiger partial charge >= 0.3 is 0 Å². The van der Waals surface area contributed by atoms with Crippen molar-refractivity contribution in [3.63, 3.8) is 0 Å². The molecule has 0 radical (unpaired) electrons. The molecule has 1 aromatic heterocycles. The predicted molar refractivity (Wildman–Crippen MR) is 104 cm³/mol. The first-order valence-electron chi connectivity index (χ1n) is 9.35. The Balaban J connectivity index is 1.46. The topological polar surface area (TPSA) is 54.9 Å². The molecule has 0 N–H and O–H groups in total. The van der Waals surface area contributed by atoms with Gasteiger partial charge < -0.3 is 14.4 Å². The summed E-state index contributed by atoms with van der Waals surface area (Å²) in [6.07, 6.45) is 2.28. The molecule has 0 aliphatic carbocycles. The van der Waals surface area contributed by atoms with E-state index in [1.807, 2.05) is 11.1 Å². The Kier molecular flexibility index (Phi) is 5.61. The van der Waals surface area contributed by atoms with Crippen molar-refractivity contribution in [2.45, 2.75) is 19.5 Å². The molecule has 6 nitrogen and oxygen atoms in total. The normalized spacial score (nSPS) is 23.4. The van der Waals surface area contributed by atoms with Gasteiger partial charge in [-0.25, -0.2) is 4.39 Å². The summed E-state index contributed by atoms with van der Waals surface area (Å²) in [7, 11) is 1.53. The summed E-state index contributed by atoms with van der Waals surface area (Å²) in [5, 5.41) is 0. The third-order valence-corrected chi connectivity index (χ3v) is 6.17. The summed E-state index contributed by atoms with van der Waals surface area (Å²) in [6.45, 7) is 4.31. The molecule has 1 amide bonds. The highest BCUT2D eigenvalue weighted by Crippen LogP contribution is 2.36. The minimum absolute atomic E-state index is 0.148. The second-order valence-electron chi connectivity index (χ2n) is 7.61. The Labute approximate surface area is 167 Å². The van der Waals surface area contributed by atoms with E-state index < -0.39 is 0 Å². The van der Waals surface area contributed by atoms with Crippen molar-refractivity contribution in [1.82, 2.24) is 14.8 Å². The molecule has 1 spiro atoms. The summed E-state index contributed by atoms with van der Waals surface area (Å²) in [4.78, 5) is 21.9. The van der Waals surface area contributed by atoms with Gasteiger partial charge in [-0.1, -0.05) is 6.07 Å². The minimum Gasteiger partial charge on any atom is -0.497 e. The van der Waals surface area contributed by atoms with Crippen LogP contribution in [0.4, 0.5) is 4.39 Å². The number of carbonyl (C=O) groups excluding carboxylic acids is 1. The molecule has 28 heavy (non-hydrogen) atoms. The summed E-state index contributed by atoms with van der Waals surface area (Å²) < 4.78 is 25.3. The standard InChI is InChI=1S/C20H24FN3O3S/c1-26-16-3-2-15(18(21)6-16)9-23-4-5-27-13-20(11-23)7-19(25)24(12-20)10-17-8-22-14-28-17/h2-3,6,8,14H,4-5,7,9-13H2,1H3/t20-/m0/s1. The van der Waals surface area contributed by atoms with Crippen molar-refractivity contribution >= 4 is 17.2 Å². The minimum atomic E-state index is -0.270. The van der Waals surface area contributed by atoms with Crippen LogP contribution < -0.4 is 4.74 Å².